The number of imidazole rings is 2. The van der Waals surface area contributed by atoms with Crippen LogP contribution in [0.3, 0.4) is 0 Å². The van der Waals surface area contributed by atoms with Crippen LogP contribution in [-0.2, 0) is 24.1 Å². The second-order valence-electron chi connectivity index (χ2n) is 14.3. The fourth-order valence-corrected chi connectivity index (χ4v) is 7.13. The van der Waals surface area contributed by atoms with Gasteiger partial charge in [0.15, 0.2) is 0 Å². The fourth-order valence-electron chi connectivity index (χ4n) is 7.13. The van der Waals surface area contributed by atoms with E-state index in [2.05, 4.69) is 42.0 Å². The van der Waals surface area contributed by atoms with Gasteiger partial charge in [-0.2, -0.15) is 58.9 Å². The largest absolute Gasteiger partial charge is 0.453 e. The maximum Gasteiger partial charge on any atom is 0.407 e. The number of methoxy groups -OCH3 is 1. The van der Waals surface area contributed by atoms with Crippen LogP contribution in [0.1, 0.15) is 88.2 Å². The predicted octanol–water partition coefficient (Wildman–Crippen LogP) is 6.14. The summed E-state index contributed by atoms with van der Waals surface area (Å²) in [5, 5.41) is 2.69. The summed E-state index contributed by atoms with van der Waals surface area (Å²) in [5.41, 5.74) is 5.13. The molecule has 3 N–H and O–H groups in total. The van der Waals surface area contributed by atoms with E-state index in [9.17, 15) is 14.4 Å². The van der Waals surface area contributed by atoms with Crippen molar-refractivity contribution in [1.82, 2.24) is 35.1 Å². The zero-order chi connectivity index (χ0) is 38.4. The van der Waals surface area contributed by atoms with Crippen molar-refractivity contribution in [3.05, 3.63) is 71.4 Å². The summed E-state index contributed by atoms with van der Waals surface area (Å²) in [6, 6.07) is 12.1. The molecule has 0 aliphatic carbocycles. The maximum absolute atomic E-state index is 13.5. The zero-order valence-electron chi connectivity index (χ0n) is 33.6. The predicted molar refractivity (Wildman–Crippen MR) is 244 cm³/mol. The molecule has 2 aromatic heterocycles. The summed E-state index contributed by atoms with van der Waals surface area (Å²) in [6.45, 7) is 8.94. The molecule has 4 atom stereocenters. The quantitative estimate of drug-likeness (QED) is 0.0532. The number of H-pyrrole nitrogens is 2. The SMILES string of the molecule is COOC=N[C@H](C(=O)N1CCC[C@H]1c1ncc(-c2ccc(C#Cc3ccc4nc([C@@H]5CCCN5C(=O)[C@@H](NC(=O)OC)C(C)C)[nH]c4c3)cc2)[nH]1)C(C)C.S.S.S.S. The van der Waals surface area contributed by atoms with Crippen molar-refractivity contribution < 1.29 is 28.9 Å². The number of benzene rings is 2. The minimum absolute atomic E-state index is 0. The third kappa shape index (κ3) is 11.5. The highest BCUT2D eigenvalue weighted by atomic mass is 32.1. The number of hydrogen-bond donors (Lipinski definition) is 3. The number of likely N-dealkylation sites (tertiary alicyclic amines) is 2. The Bertz CT molecular complexity index is 2060. The van der Waals surface area contributed by atoms with Crippen molar-refractivity contribution in [2.24, 2.45) is 16.8 Å². The van der Waals surface area contributed by atoms with Gasteiger partial charge in [-0.25, -0.2) is 19.8 Å². The first-order valence-electron chi connectivity index (χ1n) is 18.4. The van der Waals surface area contributed by atoms with Crippen molar-refractivity contribution >= 4 is 89.3 Å². The molecule has 4 heterocycles. The molecule has 4 aromatic rings. The highest BCUT2D eigenvalue weighted by Gasteiger charge is 2.38. The van der Waals surface area contributed by atoms with Gasteiger partial charge >= 0.3 is 6.09 Å². The van der Waals surface area contributed by atoms with Gasteiger partial charge in [0.05, 0.1) is 49.2 Å². The summed E-state index contributed by atoms with van der Waals surface area (Å²) in [5.74, 6) is 7.66. The lowest BCUT2D eigenvalue weighted by molar-refractivity contribution is -0.188. The Kier molecular flexibility index (Phi) is 19.6. The Morgan fingerprint density at radius 3 is 2.09 bits per heavy atom. The van der Waals surface area contributed by atoms with Crippen LogP contribution in [0.2, 0.25) is 0 Å². The molecule has 2 aliphatic rings. The van der Waals surface area contributed by atoms with Gasteiger partial charge in [0.2, 0.25) is 18.2 Å². The van der Waals surface area contributed by atoms with Crippen LogP contribution in [-0.4, -0.2) is 93.4 Å². The van der Waals surface area contributed by atoms with Crippen LogP contribution in [0.5, 0.6) is 0 Å². The molecule has 6 rings (SSSR count). The lowest BCUT2D eigenvalue weighted by Crippen LogP contribution is -2.51. The van der Waals surface area contributed by atoms with Crippen LogP contribution >= 0.6 is 54.0 Å². The highest BCUT2D eigenvalue weighted by Crippen LogP contribution is 2.34. The average Bonchev–Trinajstić information content (AvgIpc) is 4.00. The standard InChI is InChI=1S/C40H48N8O6.4H2S/c1-24(2)34(42-23-54-53-6)38(49)47-19-7-9-32(47)36-41-22-31(45-36)28-16-13-26(14-17-28)11-12-27-15-18-29-30(21-27)44-37(43-29)33-10-8-20-48(33)39(50)35(25(3)4)46-40(51)52-5;;;;/h13-18,21-25,32-35H,7-10,19-20H2,1-6H3,(H,41,45)(H,43,44)(H,46,51);4*1H2/t32-,33-,34-,35-;;;;/m0..../s1. The summed E-state index contributed by atoms with van der Waals surface area (Å²) in [4.78, 5) is 72.7. The molecule has 0 radical (unpaired) electrons. The molecule has 14 nitrogen and oxygen atoms in total. The molecule has 18 heteroatoms. The van der Waals surface area contributed by atoms with E-state index >= 15 is 0 Å². The van der Waals surface area contributed by atoms with Gasteiger partial charge in [0, 0.05) is 24.2 Å². The first-order valence-corrected chi connectivity index (χ1v) is 18.4. The van der Waals surface area contributed by atoms with E-state index < -0.39 is 18.2 Å². The maximum atomic E-state index is 13.5. The Labute approximate surface area is 367 Å². The van der Waals surface area contributed by atoms with Crippen molar-refractivity contribution in [3.8, 4) is 23.1 Å². The van der Waals surface area contributed by atoms with Crippen molar-refractivity contribution in [2.45, 2.75) is 77.5 Å². The molecule has 2 aliphatic heterocycles. The number of carbonyl (C=O) groups excluding carboxylic acids is 3. The smallest absolute Gasteiger partial charge is 0.407 e. The second-order valence-corrected chi connectivity index (χ2v) is 14.3. The molecule has 2 saturated heterocycles. The van der Waals surface area contributed by atoms with E-state index in [-0.39, 0.29) is 89.7 Å². The molecule has 0 unspecified atom stereocenters. The highest BCUT2D eigenvalue weighted by molar-refractivity contribution is 7.59. The van der Waals surface area contributed by atoms with Gasteiger partial charge in [0.25, 0.3) is 0 Å². The zero-order valence-corrected chi connectivity index (χ0v) is 37.6. The van der Waals surface area contributed by atoms with E-state index in [4.69, 9.17) is 14.6 Å². The van der Waals surface area contributed by atoms with Crippen molar-refractivity contribution in [1.29, 1.82) is 0 Å². The number of aliphatic imine (C=N–C) groups is 1. The van der Waals surface area contributed by atoms with E-state index in [1.54, 1.807) is 11.1 Å². The number of alkyl carbamates (subject to hydrolysis) is 1. The Morgan fingerprint density at radius 1 is 0.845 bits per heavy atom. The van der Waals surface area contributed by atoms with E-state index in [0.717, 1.165) is 64.9 Å². The second kappa shape index (κ2) is 22.8. The molecule has 0 saturated carbocycles. The molecule has 58 heavy (non-hydrogen) atoms. The number of amides is 3. The van der Waals surface area contributed by atoms with E-state index in [0.29, 0.717) is 18.9 Å². The molecule has 0 spiro atoms. The van der Waals surface area contributed by atoms with Crippen LogP contribution < -0.4 is 5.32 Å². The summed E-state index contributed by atoms with van der Waals surface area (Å²) in [6.07, 6.45) is 5.67. The van der Waals surface area contributed by atoms with Gasteiger partial charge in [-0.1, -0.05) is 51.7 Å². The number of carbonyl (C=O) groups is 3. The Balaban J connectivity index is 0.00000290. The third-order valence-corrected chi connectivity index (χ3v) is 9.98. The number of hydrogen-bond acceptors (Lipinski definition) is 9. The average molecular weight is 873 g/mol. The number of aromatic amines is 2. The molecule has 3 amide bonds. The Morgan fingerprint density at radius 2 is 1.47 bits per heavy atom. The molecule has 316 valence electrons. The van der Waals surface area contributed by atoms with Crippen LogP contribution in [0.4, 0.5) is 4.79 Å². The minimum atomic E-state index is -0.693. The first kappa shape index (κ1) is 49.9. The minimum Gasteiger partial charge on any atom is -0.453 e. The van der Waals surface area contributed by atoms with Gasteiger partial charge in [-0.05, 0) is 73.4 Å². The van der Waals surface area contributed by atoms with Gasteiger partial charge in [-0.3, -0.25) is 9.59 Å². The van der Waals surface area contributed by atoms with Gasteiger partial charge in [0.1, 0.15) is 23.7 Å². The van der Waals surface area contributed by atoms with Crippen LogP contribution in [0.15, 0.2) is 53.7 Å². The normalized spacial score (nSPS) is 17.0. The lowest BCUT2D eigenvalue weighted by atomic mass is 10.0. The molecular formula is C40H56N8O6S4. The van der Waals surface area contributed by atoms with Crippen LogP contribution in [0.25, 0.3) is 22.3 Å². The summed E-state index contributed by atoms with van der Waals surface area (Å²) >= 11 is 0. The first-order chi connectivity index (χ1) is 26.1. The number of aromatic nitrogens is 4. The Hall–Kier alpha value is -4.28. The third-order valence-electron chi connectivity index (χ3n) is 9.98. The van der Waals surface area contributed by atoms with Crippen LogP contribution in [0, 0.1) is 23.7 Å². The fraction of sp³-hybridized carbons (Fsp3) is 0.450. The molecule has 2 fully saturated rings. The van der Waals surface area contributed by atoms with Crippen molar-refractivity contribution in [2.75, 3.05) is 27.3 Å². The van der Waals surface area contributed by atoms with Gasteiger partial charge < -0.3 is 34.7 Å². The van der Waals surface area contributed by atoms with E-state index in [1.165, 1.54) is 20.6 Å². The molecular weight excluding hydrogens is 817 g/mol. The number of ether oxygens (including phenoxy) is 1. The van der Waals surface area contributed by atoms with Gasteiger partial charge in [-0.15, -0.1) is 0 Å². The monoisotopic (exact) mass is 872 g/mol. The molecule has 0 bridgehead atoms. The number of nitrogens with zero attached hydrogens (tertiary/aromatic N) is 5. The number of rotatable bonds is 11. The van der Waals surface area contributed by atoms with Crippen molar-refractivity contribution in [3.63, 3.8) is 0 Å². The number of fused-ring (bicyclic) bond motifs is 1. The van der Waals surface area contributed by atoms with E-state index in [1.807, 2.05) is 75.1 Å². The lowest BCUT2D eigenvalue weighted by Gasteiger charge is -2.29. The summed E-state index contributed by atoms with van der Waals surface area (Å²) in [7, 11) is 2.68. The number of nitrogens with one attached hydrogen (secondary N) is 3. The molecule has 2 aromatic carbocycles. The topological polar surface area (TPSA) is 167 Å². The summed E-state index contributed by atoms with van der Waals surface area (Å²) < 4.78 is 4.75.